The van der Waals surface area contributed by atoms with Crippen LogP contribution in [-0.2, 0) is 10.0 Å². The standard InChI is InChI=1S/C18H12Cl2N6O4S3/c1-30-11-5-2-9(3-6-11)15-22-24-17(31-15)26-33(28,29)18-25-23-16(32-18)21-14(27)12-7-4-10(19)8-13(12)20/h2-8H,1H3,(H,24,26)(H,21,23,27). The molecule has 33 heavy (non-hydrogen) atoms. The molecule has 0 aliphatic rings. The number of nitrogens with one attached hydrogen (secondary N) is 2. The van der Waals surface area contributed by atoms with Crippen LogP contribution in [0.4, 0.5) is 10.3 Å². The van der Waals surface area contributed by atoms with Gasteiger partial charge >= 0.3 is 0 Å². The highest BCUT2D eigenvalue weighted by molar-refractivity contribution is 7.94. The van der Waals surface area contributed by atoms with Gasteiger partial charge in [-0.15, -0.1) is 20.4 Å². The lowest BCUT2D eigenvalue weighted by Gasteiger charge is -2.03. The molecule has 0 saturated carbocycles. The molecule has 2 aromatic heterocycles. The minimum atomic E-state index is -4.10. The van der Waals surface area contributed by atoms with Crippen molar-refractivity contribution in [1.82, 2.24) is 20.4 Å². The Labute approximate surface area is 205 Å². The molecule has 0 aliphatic heterocycles. The highest BCUT2D eigenvalue weighted by Gasteiger charge is 2.23. The van der Waals surface area contributed by atoms with E-state index in [4.69, 9.17) is 27.9 Å². The van der Waals surface area contributed by atoms with Gasteiger partial charge in [0.05, 0.1) is 17.7 Å². The number of hydrogen-bond donors (Lipinski definition) is 2. The summed E-state index contributed by atoms with van der Waals surface area (Å²) in [6.45, 7) is 0. The van der Waals surface area contributed by atoms with Crippen molar-refractivity contribution in [2.75, 3.05) is 17.1 Å². The monoisotopic (exact) mass is 542 g/mol. The summed E-state index contributed by atoms with van der Waals surface area (Å²) in [7, 11) is -2.54. The summed E-state index contributed by atoms with van der Waals surface area (Å²) in [5.41, 5.74) is 0.902. The van der Waals surface area contributed by atoms with Crippen LogP contribution in [0.15, 0.2) is 46.8 Å². The summed E-state index contributed by atoms with van der Waals surface area (Å²) < 4.78 is 32.4. The summed E-state index contributed by atoms with van der Waals surface area (Å²) >= 11 is 13.6. The zero-order chi connectivity index (χ0) is 23.6. The van der Waals surface area contributed by atoms with Crippen LogP contribution in [0.3, 0.4) is 0 Å². The highest BCUT2D eigenvalue weighted by Crippen LogP contribution is 2.30. The van der Waals surface area contributed by atoms with E-state index in [2.05, 4.69) is 30.4 Å². The largest absolute Gasteiger partial charge is 0.497 e. The predicted molar refractivity (Wildman–Crippen MR) is 127 cm³/mol. The molecule has 0 fully saturated rings. The van der Waals surface area contributed by atoms with Gasteiger partial charge in [0.1, 0.15) is 10.8 Å². The Balaban J connectivity index is 1.46. The van der Waals surface area contributed by atoms with E-state index in [9.17, 15) is 13.2 Å². The van der Waals surface area contributed by atoms with Gasteiger partial charge in [-0.1, -0.05) is 45.9 Å². The molecule has 0 aliphatic carbocycles. The van der Waals surface area contributed by atoms with Crippen molar-refractivity contribution < 1.29 is 17.9 Å². The number of carbonyl (C=O) groups excluding carboxylic acids is 1. The average Bonchev–Trinajstić information content (AvgIpc) is 3.43. The van der Waals surface area contributed by atoms with Gasteiger partial charge in [0.15, 0.2) is 0 Å². The third-order valence-corrected chi connectivity index (χ3v) is 8.13. The molecule has 0 saturated heterocycles. The number of aromatic nitrogens is 4. The number of sulfonamides is 1. The van der Waals surface area contributed by atoms with Crippen LogP contribution in [0, 0.1) is 0 Å². The van der Waals surface area contributed by atoms with Gasteiger partial charge in [0, 0.05) is 10.6 Å². The maximum atomic E-state index is 12.7. The molecule has 1 amide bonds. The lowest BCUT2D eigenvalue weighted by Crippen LogP contribution is -2.12. The SMILES string of the molecule is COc1ccc(-c2nnc(NS(=O)(=O)c3nnc(NC(=O)c4ccc(Cl)cc4Cl)s3)s2)cc1. The minimum absolute atomic E-state index is 0.0254. The molecule has 10 nitrogen and oxygen atoms in total. The zero-order valence-electron chi connectivity index (χ0n) is 16.4. The summed E-state index contributed by atoms with van der Waals surface area (Å²) in [5.74, 6) is 0.0969. The summed E-state index contributed by atoms with van der Waals surface area (Å²) in [6.07, 6.45) is 0. The second-order valence-corrected chi connectivity index (χ2v) is 10.9. The third-order valence-electron chi connectivity index (χ3n) is 4.02. The number of hydrogen-bond acceptors (Lipinski definition) is 10. The normalized spacial score (nSPS) is 11.2. The van der Waals surface area contributed by atoms with Gasteiger partial charge in [-0.05, 0) is 42.5 Å². The lowest BCUT2D eigenvalue weighted by molar-refractivity contribution is 0.102. The van der Waals surface area contributed by atoms with Gasteiger partial charge in [-0.25, -0.2) is 0 Å². The van der Waals surface area contributed by atoms with Crippen molar-refractivity contribution in [1.29, 1.82) is 0 Å². The quantitative estimate of drug-likeness (QED) is 0.327. The van der Waals surface area contributed by atoms with E-state index in [0.717, 1.165) is 16.9 Å². The fourth-order valence-electron chi connectivity index (χ4n) is 2.48. The van der Waals surface area contributed by atoms with Crippen molar-refractivity contribution in [3.05, 3.63) is 58.1 Å². The van der Waals surface area contributed by atoms with Crippen LogP contribution in [0.5, 0.6) is 5.75 Å². The van der Waals surface area contributed by atoms with E-state index in [1.165, 1.54) is 18.2 Å². The fourth-order valence-corrected chi connectivity index (χ4v) is 5.85. The molecule has 2 heterocycles. The Morgan fingerprint density at radius 1 is 0.970 bits per heavy atom. The number of benzene rings is 2. The first-order valence-electron chi connectivity index (χ1n) is 8.86. The predicted octanol–water partition coefficient (Wildman–Crippen LogP) is 4.43. The number of methoxy groups -OCH3 is 1. The molecule has 0 atom stereocenters. The first kappa shape index (κ1) is 23.3. The number of halogens is 2. The Morgan fingerprint density at radius 3 is 2.39 bits per heavy atom. The van der Waals surface area contributed by atoms with Crippen molar-refractivity contribution in [2.45, 2.75) is 4.34 Å². The van der Waals surface area contributed by atoms with Gasteiger partial charge < -0.3 is 4.74 Å². The van der Waals surface area contributed by atoms with Crippen LogP contribution in [0.2, 0.25) is 10.0 Å². The van der Waals surface area contributed by atoms with Gasteiger partial charge in [0.25, 0.3) is 20.3 Å². The van der Waals surface area contributed by atoms with E-state index in [0.29, 0.717) is 27.1 Å². The fraction of sp³-hybridized carbons (Fsp3) is 0.0556. The highest BCUT2D eigenvalue weighted by atomic mass is 35.5. The van der Waals surface area contributed by atoms with Gasteiger partial charge in [0.2, 0.25) is 10.3 Å². The third kappa shape index (κ3) is 5.39. The van der Waals surface area contributed by atoms with E-state index >= 15 is 0 Å². The lowest BCUT2D eigenvalue weighted by atomic mass is 10.2. The Bertz CT molecular complexity index is 1420. The summed E-state index contributed by atoms with van der Waals surface area (Å²) in [6, 6.07) is 11.4. The number of carbonyl (C=O) groups is 1. The molecule has 0 spiro atoms. The van der Waals surface area contributed by atoms with Crippen molar-refractivity contribution in [2.24, 2.45) is 0 Å². The zero-order valence-corrected chi connectivity index (χ0v) is 20.4. The number of nitrogens with zero attached hydrogens (tertiary/aromatic N) is 4. The molecule has 4 rings (SSSR count). The number of anilines is 2. The molecule has 0 radical (unpaired) electrons. The Kier molecular flexibility index (Phi) is 6.76. The van der Waals surface area contributed by atoms with Crippen LogP contribution in [0.1, 0.15) is 10.4 Å². The minimum Gasteiger partial charge on any atom is -0.497 e. The number of ether oxygens (including phenoxy) is 1. The summed E-state index contributed by atoms with van der Waals surface area (Å²) in [5, 5.41) is 18.7. The maximum Gasteiger partial charge on any atom is 0.293 e. The molecule has 170 valence electrons. The van der Waals surface area contributed by atoms with Crippen molar-refractivity contribution in [3.63, 3.8) is 0 Å². The Hall–Kier alpha value is -2.84. The second-order valence-electron chi connectivity index (χ2n) is 6.20. The van der Waals surface area contributed by atoms with Crippen LogP contribution < -0.4 is 14.8 Å². The molecule has 15 heteroatoms. The molecule has 2 aromatic carbocycles. The van der Waals surface area contributed by atoms with Gasteiger partial charge in [-0.3, -0.25) is 14.8 Å². The number of rotatable bonds is 7. The molecule has 0 unspecified atom stereocenters. The Morgan fingerprint density at radius 2 is 1.70 bits per heavy atom. The van der Waals surface area contributed by atoms with Crippen LogP contribution in [0.25, 0.3) is 10.6 Å². The second kappa shape index (κ2) is 9.57. The van der Waals surface area contributed by atoms with Gasteiger partial charge in [-0.2, -0.15) is 8.42 Å². The van der Waals surface area contributed by atoms with Crippen molar-refractivity contribution >= 4 is 72.1 Å². The van der Waals surface area contributed by atoms with Crippen LogP contribution in [-0.4, -0.2) is 41.8 Å². The number of amides is 1. The summed E-state index contributed by atoms with van der Waals surface area (Å²) in [4.78, 5) is 12.4. The molecule has 4 aromatic rings. The molecule has 2 N–H and O–H groups in total. The van der Waals surface area contributed by atoms with Crippen molar-refractivity contribution in [3.8, 4) is 16.3 Å². The maximum absolute atomic E-state index is 12.7. The van der Waals surface area contributed by atoms with E-state index < -0.39 is 15.9 Å². The smallest absolute Gasteiger partial charge is 0.293 e. The first-order chi connectivity index (χ1) is 15.7. The molecular weight excluding hydrogens is 531 g/mol. The van der Waals surface area contributed by atoms with E-state index in [1.54, 1.807) is 31.4 Å². The molecular formula is C18H12Cl2N6O4S3. The van der Waals surface area contributed by atoms with Crippen LogP contribution >= 0.6 is 45.9 Å². The first-order valence-corrected chi connectivity index (χ1v) is 12.7. The average molecular weight is 543 g/mol. The van der Waals surface area contributed by atoms with E-state index in [-0.39, 0.29) is 25.2 Å². The molecule has 0 bridgehead atoms. The topological polar surface area (TPSA) is 136 Å². The van der Waals surface area contributed by atoms with E-state index in [1.807, 2.05) is 0 Å².